The molecule has 0 amide bonds. The van der Waals surface area contributed by atoms with Crippen LogP contribution in [0.3, 0.4) is 0 Å². The van der Waals surface area contributed by atoms with Gasteiger partial charge in [0.15, 0.2) is 0 Å². The van der Waals surface area contributed by atoms with E-state index in [0.717, 1.165) is 25.0 Å². The molecule has 1 N–H and O–H groups in total. The summed E-state index contributed by atoms with van der Waals surface area (Å²) in [7, 11) is 0. The molecule has 0 saturated heterocycles. The first-order valence-corrected chi connectivity index (χ1v) is 4.58. The standard InChI is InChI=1S/C11H13NO2/c13-11(14)8-3-1-2-6-10-7-4-5-9-12-10/h3-5,7-9H,1-2,6H2,(H,13,14)/b8-3+. The molecule has 0 bridgehead atoms. The maximum Gasteiger partial charge on any atom is 0.327 e. The van der Waals surface area contributed by atoms with Crippen LogP contribution in [-0.2, 0) is 11.2 Å². The van der Waals surface area contributed by atoms with Gasteiger partial charge >= 0.3 is 5.97 Å². The molecular formula is C11H13NO2. The Morgan fingerprint density at radius 3 is 3.00 bits per heavy atom. The molecule has 0 aliphatic rings. The van der Waals surface area contributed by atoms with Crippen molar-refractivity contribution in [3.63, 3.8) is 0 Å². The van der Waals surface area contributed by atoms with Crippen LogP contribution in [0.2, 0.25) is 0 Å². The second-order valence-corrected chi connectivity index (χ2v) is 2.95. The molecule has 0 radical (unpaired) electrons. The van der Waals surface area contributed by atoms with E-state index in [1.807, 2.05) is 18.2 Å². The fourth-order valence-electron chi connectivity index (χ4n) is 1.13. The minimum atomic E-state index is -0.886. The molecule has 1 rings (SSSR count). The van der Waals surface area contributed by atoms with Gasteiger partial charge in [-0.05, 0) is 31.4 Å². The molecule has 3 heteroatoms. The zero-order valence-electron chi connectivity index (χ0n) is 7.89. The van der Waals surface area contributed by atoms with Gasteiger partial charge in [-0.15, -0.1) is 0 Å². The first-order valence-electron chi connectivity index (χ1n) is 4.58. The van der Waals surface area contributed by atoms with E-state index in [1.165, 1.54) is 6.08 Å². The highest BCUT2D eigenvalue weighted by Gasteiger charge is 1.91. The first-order chi connectivity index (χ1) is 6.79. The largest absolute Gasteiger partial charge is 0.478 e. The van der Waals surface area contributed by atoms with Crippen molar-refractivity contribution in [3.8, 4) is 0 Å². The number of unbranched alkanes of at least 4 members (excludes halogenated alkanes) is 1. The molecule has 1 heterocycles. The number of carboxylic acids is 1. The third-order valence-electron chi connectivity index (χ3n) is 1.79. The van der Waals surface area contributed by atoms with Crippen LogP contribution in [0.5, 0.6) is 0 Å². The molecule has 3 nitrogen and oxygen atoms in total. The Morgan fingerprint density at radius 2 is 2.36 bits per heavy atom. The molecular weight excluding hydrogens is 178 g/mol. The van der Waals surface area contributed by atoms with Crippen molar-refractivity contribution >= 4 is 5.97 Å². The number of aromatic nitrogens is 1. The molecule has 1 aromatic rings. The Morgan fingerprint density at radius 1 is 1.50 bits per heavy atom. The average Bonchev–Trinajstić information content (AvgIpc) is 2.18. The van der Waals surface area contributed by atoms with Crippen LogP contribution in [0, 0.1) is 0 Å². The van der Waals surface area contributed by atoms with E-state index in [1.54, 1.807) is 12.3 Å². The van der Waals surface area contributed by atoms with E-state index in [4.69, 9.17) is 5.11 Å². The van der Waals surface area contributed by atoms with Crippen LogP contribution in [0.15, 0.2) is 36.5 Å². The summed E-state index contributed by atoms with van der Waals surface area (Å²) in [6.45, 7) is 0. The van der Waals surface area contributed by atoms with E-state index >= 15 is 0 Å². The summed E-state index contributed by atoms with van der Waals surface area (Å²) in [5.41, 5.74) is 1.05. The fraction of sp³-hybridized carbons (Fsp3) is 0.273. The van der Waals surface area contributed by atoms with Crippen LogP contribution >= 0.6 is 0 Å². The Hall–Kier alpha value is -1.64. The van der Waals surface area contributed by atoms with Crippen molar-refractivity contribution in [1.29, 1.82) is 0 Å². The van der Waals surface area contributed by atoms with Crippen molar-refractivity contribution in [2.45, 2.75) is 19.3 Å². The van der Waals surface area contributed by atoms with Crippen molar-refractivity contribution in [2.24, 2.45) is 0 Å². The molecule has 0 unspecified atom stereocenters. The molecule has 0 fully saturated rings. The maximum atomic E-state index is 10.1. The average molecular weight is 191 g/mol. The predicted molar refractivity (Wildman–Crippen MR) is 54.0 cm³/mol. The summed E-state index contributed by atoms with van der Waals surface area (Å²) in [4.78, 5) is 14.3. The Bertz CT molecular complexity index is 306. The number of carboxylic acid groups (broad SMARTS) is 1. The van der Waals surface area contributed by atoms with Gasteiger partial charge in [0.25, 0.3) is 0 Å². The van der Waals surface area contributed by atoms with Crippen molar-refractivity contribution < 1.29 is 9.90 Å². The number of rotatable bonds is 5. The van der Waals surface area contributed by atoms with E-state index in [2.05, 4.69) is 4.98 Å². The Labute approximate surface area is 83.1 Å². The highest BCUT2D eigenvalue weighted by Crippen LogP contribution is 2.01. The lowest BCUT2D eigenvalue weighted by atomic mass is 10.2. The molecule has 74 valence electrons. The van der Waals surface area contributed by atoms with Crippen molar-refractivity contribution in [1.82, 2.24) is 4.98 Å². The number of pyridine rings is 1. The van der Waals surface area contributed by atoms with Gasteiger partial charge in [-0.25, -0.2) is 4.79 Å². The molecule has 0 aliphatic carbocycles. The first kappa shape index (κ1) is 10.4. The highest BCUT2D eigenvalue weighted by molar-refractivity contribution is 5.79. The number of allylic oxidation sites excluding steroid dienone is 1. The molecule has 0 atom stereocenters. The maximum absolute atomic E-state index is 10.1. The van der Waals surface area contributed by atoms with Gasteiger partial charge in [-0.1, -0.05) is 12.1 Å². The van der Waals surface area contributed by atoms with Crippen LogP contribution in [0.25, 0.3) is 0 Å². The second kappa shape index (κ2) is 5.91. The summed E-state index contributed by atoms with van der Waals surface area (Å²) in [5.74, 6) is -0.886. The van der Waals surface area contributed by atoms with Crippen molar-refractivity contribution in [3.05, 3.63) is 42.2 Å². The third-order valence-corrected chi connectivity index (χ3v) is 1.79. The topological polar surface area (TPSA) is 50.2 Å². The Kier molecular flexibility index (Phi) is 4.41. The summed E-state index contributed by atoms with van der Waals surface area (Å²) >= 11 is 0. The van der Waals surface area contributed by atoms with Gasteiger partial charge in [0, 0.05) is 18.0 Å². The van der Waals surface area contributed by atoms with E-state index in [0.29, 0.717) is 0 Å². The van der Waals surface area contributed by atoms with Crippen LogP contribution in [0.1, 0.15) is 18.5 Å². The number of aliphatic carboxylic acids is 1. The normalized spacial score (nSPS) is 10.6. The number of nitrogens with zero attached hydrogens (tertiary/aromatic N) is 1. The Balaban J connectivity index is 2.19. The number of carbonyl (C=O) groups is 1. The van der Waals surface area contributed by atoms with Crippen LogP contribution < -0.4 is 0 Å². The number of aryl methyl sites for hydroxylation is 1. The molecule has 0 spiro atoms. The lowest BCUT2D eigenvalue weighted by Gasteiger charge is -1.96. The van der Waals surface area contributed by atoms with E-state index in [-0.39, 0.29) is 0 Å². The quantitative estimate of drug-likeness (QED) is 0.572. The zero-order valence-corrected chi connectivity index (χ0v) is 7.89. The van der Waals surface area contributed by atoms with Gasteiger partial charge in [0.05, 0.1) is 0 Å². The summed E-state index contributed by atoms with van der Waals surface area (Å²) in [6, 6.07) is 5.81. The molecule has 1 aromatic heterocycles. The monoisotopic (exact) mass is 191 g/mol. The van der Waals surface area contributed by atoms with Gasteiger partial charge < -0.3 is 5.11 Å². The van der Waals surface area contributed by atoms with Gasteiger partial charge in [0.2, 0.25) is 0 Å². The third kappa shape index (κ3) is 4.40. The lowest BCUT2D eigenvalue weighted by molar-refractivity contribution is -0.131. The number of hydrogen-bond acceptors (Lipinski definition) is 2. The SMILES string of the molecule is O=C(O)/C=C/CCCc1ccccn1. The smallest absolute Gasteiger partial charge is 0.327 e. The summed E-state index contributed by atoms with van der Waals surface area (Å²) in [5, 5.41) is 8.33. The van der Waals surface area contributed by atoms with Crippen LogP contribution in [-0.4, -0.2) is 16.1 Å². The second-order valence-electron chi connectivity index (χ2n) is 2.95. The minimum absolute atomic E-state index is 0.781. The van der Waals surface area contributed by atoms with Gasteiger partial charge in [-0.3, -0.25) is 4.98 Å². The highest BCUT2D eigenvalue weighted by atomic mass is 16.4. The molecule has 0 saturated carbocycles. The lowest BCUT2D eigenvalue weighted by Crippen LogP contribution is -1.89. The molecule has 0 aliphatic heterocycles. The summed E-state index contributed by atoms with van der Waals surface area (Å²) in [6.07, 6.45) is 7.22. The molecule has 0 aromatic carbocycles. The van der Waals surface area contributed by atoms with Gasteiger partial charge in [0.1, 0.15) is 0 Å². The number of hydrogen-bond donors (Lipinski definition) is 1. The fourth-order valence-corrected chi connectivity index (χ4v) is 1.13. The molecule has 14 heavy (non-hydrogen) atoms. The van der Waals surface area contributed by atoms with Gasteiger partial charge in [-0.2, -0.15) is 0 Å². The van der Waals surface area contributed by atoms with Crippen LogP contribution in [0.4, 0.5) is 0 Å². The minimum Gasteiger partial charge on any atom is -0.478 e. The van der Waals surface area contributed by atoms with Crippen molar-refractivity contribution in [2.75, 3.05) is 0 Å². The van der Waals surface area contributed by atoms with E-state index in [9.17, 15) is 4.79 Å². The predicted octanol–water partition coefficient (Wildman–Crippen LogP) is 2.05. The van der Waals surface area contributed by atoms with E-state index < -0.39 is 5.97 Å². The zero-order chi connectivity index (χ0) is 10.2. The summed E-state index contributed by atoms with van der Waals surface area (Å²) < 4.78 is 0.